The molecule has 0 heterocycles. The lowest BCUT2D eigenvalue weighted by molar-refractivity contribution is 0.0955. The summed E-state index contributed by atoms with van der Waals surface area (Å²) in [7, 11) is 0. The predicted octanol–water partition coefficient (Wildman–Crippen LogP) is 5.39. The van der Waals surface area contributed by atoms with Gasteiger partial charge >= 0.3 is 0 Å². The van der Waals surface area contributed by atoms with Gasteiger partial charge in [0.15, 0.2) is 0 Å². The number of nitrogens with zero attached hydrogens (tertiary/aromatic N) is 1. The average Bonchev–Trinajstić information content (AvgIpc) is 2.82. The number of benzene rings is 4. The molecule has 4 aromatic rings. The highest BCUT2D eigenvalue weighted by atomic mass is 35.5. The van der Waals surface area contributed by atoms with Crippen LogP contribution in [0.4, 0.5) is 4.39 Å². The fourth-order valence-electron chi connectivity index (χ4n) is 3.51. The average molecular weight is 462 g/mol. The zero-order valence-corrected chi connectivity index (χ0v) is 18.3. The van der Waals surface area contributed by atoms with E-state index in [1.807, 2.05) is 42.5 Å². The Morgan fingerprint density at radius 1 is 0.970 bits per heavy atom. The van der Waals surface area contributed by atoms with Crippen molar-refractivity contribution >= 4 is 34.5 Å². The van der Waals surface area contributed by atoms with Crippen LogP contribution in [0.3, 0.4) is 0 Å². The van der Waals surface area contributed by atoms with E-state index in [2.05, 4.69) is 15.8 Å². The molecule has 4 aromatic carbocycles. The third kappa shape index (κ3) is 5.55. The van der Waals surface area contributed by atoms with Crippen LogP contribution in [0, 0.1) is 5.82 Å². The van der Waals surface area contributed by atoms with Crippen LogP contribution in [0.15, 0.2) is 84.0 Å². The summed E-state index contributed by atoms with van der Waals surface area (Å²) >= 11 is 5.86. The van der Waals surface area contributed by atoms with Gasteiger partial charge in [-0.3, -0.25) is 4.79 Å². The predicted molar refractivity (Wildman–Crippen MR) is 129 cm³/mol. The van der Waals surface area contributed by atoms with E-state index in [4.69, 9.17) is 11.6 Å². The summed E-state index contributed by atoms with van der Waals surface area (Å²) in [6, 6.07) is 22.6. The van der Waals surface area contributed by atoms with Gasteiger partial charge in [0.2, 0.25) is 0 Å². The summed E-state index contributed by atoms with van der Waals surface area (Å²) in [6.07, 6.45) is 1.59. The molecule has 0 radical (unpaired) electrons. The van der Waals surface area contributed by atoms with Crippen molar-refractivity contribution in [2.45, 2.75) is 13.1 Å². The van der Waals surface area contributed by atoms with Crippen molar-refractivity contribution in [3.8, 4) is 5.75 Å². The number of halogens is 2. The maximum atomic E-state index is 13.4. The van der Waals surface area contributed by atoms with Crippen LogP contribution < -0.4 is 10.7 Å². The van der Waals surface area contributed by atoms with E-state index in [9.17, 15) is 14.3 Å². The van der Waals surface area contributed by atoms with Crippen LogP contribution in [0.1, 0.15) is 27.0 Å². The second-order valence-corrected chi connectivity index (χ2v) is 7.87. The van der Waals surface area contributed by atoms with E-state index in [1.54, 1.807) is 12.3 Å². The topological polar surface area (TPSA) is 73.7 Å². The Morgan fingerprint density at radius 3 is 2.58 bits per heavy atom. The van der Waals surface area contributed by atoms with E-state index >= 15 is 0 Å². The van der Waals surface area contributed by atoms with E-state index in [0.717, 1.165) is 27.5 Å². The minimum absolute atomic E-state index is 0.0892. The second-order valence-electron chi connectivity index (χ2n) is 7.46. The first kappa shape index (κ1) is 22.5. The van der Waals surface area contributed by atoms with Crippen LogP contribution in [0.25, 0.3) is 10.8 Å². The van der Waals surface area contributed by atoms with Crippen molar-refractivity contribution in [2.24, 2.45) is 5.10 Å². The molecule has 0 aliphatic carbocycles. The lowest BCUT2D eigenvalue weighted by Gasteiger charge is -2.11. The van der Waals surface area contributed by atoms with Gasteiger partial charge in [0, 0.05) is 24.2 Å². The fourth-order valence-corrected chi connectivity index (χ4v) is 3.69. The largest absolute Gasteiger partial charge is 0.506 e. The van der Waals surface area contributed by atoms with Crippen LogP contribution in [-0.4, -0.2) is 17.2 Å². The number of hydrogen-bond donors (Lipinski definition) is 3. The van der Waals surface area contributed by atoms with Gasteiger partial charge in [-0.05, 0) is 52.2 Å². The smallest absolute Gasteiger partial charge is 0.271 e. The number of aromatic hydroxyl groups is 1. The first-order chi connectivity index (χ1) is 16.0. The highest BCUT2D eigenvalue weighted by Crippen LogP contribution is 2.24. The number of hydrogen-bond acceptors (Lipinski definition) is 4. The van der Waals surface area contributed by atoms with Crippen LogP contribution in [-0.2, 0) is 13.1 Å². The molecule has 0 bridgehead atoms. The van der Waals surface area contributed by atoms with Gasteiger partial charge < -0.3 is 10.4 Å². The summed E-state index contributed by atoms with van der Waals surface area (Å²) in [5.74, 6) is -0.770. The number of carbonyl (C=O) groups excluding carboxylic acids is 1. The molecule has 166 valence electrons. The molecule has 0 spiro atoms. The quantitative estimate of drug-likeness (QED) is 0.255. The summed E-state index contributed by atoms with van der Waals surface area (Å²) in [5.41, 5.74) is 5.60. The van der Waals surface area contributed by atoms with Gasteiger partial charge in [-0.1, -0.05) is 60.1 Å². The van der Waals surface area contributed by atoms with E-state index in [1.165, 1.54) is 30.3 Å². The lowest BCUT2D eigenvalue weighted by Crippen LogP contribution is -2.17. The van der Waals surface area contributed by atoms with Gasteiger partial charge in [-0.2, -0.15) is 5.10 Å². The van der Waals surface area contributed by atoms with E-state index in [-0.39, 0.29) is 16.6 Å². The third-order valence-corrected chi connectivity index (χ3v) is 5.46. The summed E-state index contributed by atoms with van der Waals surface area (Å²) in [6.45, 7) is 1.18. The molecule has 0 aromatic heterocycles. The molecule has 0 aliphatic rings. The Kier molecular flexibility index (Phi) is 6.98. The Bertz CT molecular complexity index is 1340. The molecule has 33 heavy (non-hydrogen) atoms. The maximum absolute atomic E-state index is 13.4. The van der Waals surface area contributed by atoms with Gasteiger partial charge in [0.25, 0.3) is 5.91 Å². The number of fused-ring (bicyclic) bond motifs is 1. The molecule has 0 unspecified atom stereocenters. The molecule has 5 nitrogen and oxygen atoms in total. The molecule has 0 fully saturated rings. The number of carbonyl (C=O) groups is 1. The molecule has 0 saturated heterocycles. The second kappa shape index (κ2) is 10.3. The standard InChI is InChI=1S/C26H21ClFN3O2/c27-24-13-18(10-11-25(24)32)26(33)31-30-16-20-9-8-19(22-6-1-2-7-23(20)22)15-29-14-17-4-3-5-21(28)12-17/h1-13,16,29,32H,14-15H2,(H,31,33)/b30-16+. The summed E-state index contributed by atoms with van der Waals surface area (Å²) < 4.78 is 13.4. The molecule has 3 N–H and O–H groups in total. The highest BCUT2D eigenvalue weighted by molar-refractivity contribution is 6.32. The van der Waals surface area contributed by atoms with E-state index in [0.29, 0.717) is 18.7 Å². The number of hydrazone groups is 1. The van der Waals surface area contributed by atoms with Gasteiger partial charge in [-0.15, -0.1) is 0 Å². The number of amides is 1. The van der Waals surface area contributed by atoms with Crippen molar-refractivity contribution in [3.05, 3.63) is 112 Å². The Labute approximate surface area is 195 Å². The van der Waals surface area contributed by atoms with Gasteiger partial charge in [0.1, 0.15) is 11.6 Å². The van der Waals surface area contributed by atoms with Crippen molar-refractivity contribution in [1.82, 2.24) is 10.7 Å². The van der Waals surface area contributed by atoms with Crippen LogP contribution >= 0.6 is 11.6 Å². The molecular weight excluding hydrogens is 441 g/mol. The Morgan fingerprint density at radius 2 is 1.79 bits per heavy atom. The Balaban J connectivity index is 1.46. The highest BCUT2D eigenvalue weighted by Gasteiger charge is 2.08. The lowest BCUT2D eigenvalue weighted by atomic mass is 10.00. The maximum Gasteiger partial charge on any atom is 0.271 e. The SMILES string of the molecule is O=C(N/N=C/c1ccc(CNCc2cccc(F)c2)c2ccccc12)c1ccc(O)c(Cl)c1. The minimum Gasteiger partial charge on any atom is -0.506 e. The first-order valence-electron chi connectivity index (χ1n) is 10.3. The monoisotopic (exact) mass is 461 g/mol. The summed E-state index contributed by atoms with van der Waals surface area (Å²) in [5, 5.41) is 19.1. The Hall–Kier alpha value is -3.74. The summed E-state index contributed by atoms with van der Waals surface area (Å²) in [4.78, 5) is 12.3. The van der Waals surface area contributed by atoms with Crippen molar-refractivity contribution < 1.29 is 14.3 Å². The minimum atomic E-state index is -0.435. The third-order valence-electron chi connectivity index (χ3n) is 5.16. The molecular formula is C26H21ClFN3O2. The molecule has 4 rings (SSSR count). The normalized spacial score (nSPS) is 11.2. The number of phenols is 1. The molecule has 1 amide bonds. The van der Waals surface area contributed by atoms with Crippen molar-refractivity contribution in [3.63, 3.8) is 0 Å². The number of rotatable bonds is 7. The molecule has 0 aliphatic heterocycles. The van der Waals surface area contributed by atoms with E-state index < -0.39 is 5.91 Å². The number of phenolic OH excluding ortho intramolecular Hbond substituents is 1. The molecule has 0 saturated carbocycles. The molecule has 7 heteroatoms. The first-order valence-corrected chi connectivity index (χ1v) is 10.7. The number of nitrogens with one attached hydrogen (secondary N) is 2. The molecule has 0 atom stereocenters. The van der Waals surface area contributed by atoms with Crippen molar-refractivity contribution in [2.75, 3.05) is 0 Å². The van der Waals surface area contributed by atoms with Gasteiger partial charge in [-0.25, -0.2) is 9.82 Å². The van der Waals surface area contributed by atoms with Gasteiger partial charge in [0.05, 0.1) is 11.2 Å². The van der Waals surface area contributed by atoms with Crippen LogP contribution in [0.2, 0.25) is 5.02 Å². The fraction of sp³-hybridized carbons (Fsp3) is 0.0769. The zero-order valence-electron chi connectivity index (χ0n) is 17.6. The zero-order chi connectivity index (χ0) is 23.2. The van der Waals surface area contributed by atoms with Crippen molar-refractivity contribution in [1.29, 1.82) is 0 Å². The van der Waals surface area contributed by atoms with Crippen LogP contribution in [0.5, 0.6) is 5.75 Å².